The van der Waals surface area contributed by atoms with Crippen LogP contribution in [0.5, 0.6) is 5.75 Å². The van der Waals surface area contributed by atoms with Crippen molar-refractivity contribution in [1.82, 2.24) is 15.1 Å². The summed E-state index contributed by atoms with van der Waals surface area (Å²) < 4.78 is 5.17. The summed E-state index contributed by atoms with van der Waals surface area (Å²) >= 11 is 0. The number of likely N-dealkylation sites (N-methyl/N-ethyl adjacent to an activating group) is 1. The Morgan fingerprint density at radius 1 is 1.38 bits per heavy atom. The fourth-order valence-electron chi connectivity index (χ4n) is 2.62. The Morgan fingerprint density at radius 3 is 2.71 bits per heavy atom. The second-order valence-corrected chi connectivity index (χ2v) is 5.59. The van der Waals surface area contributed by atoms with Crippen molar-refractivity contribution in [3.63, 3.8) is 0 Å². The molecule has 1 aliphatic rings. The minimum atomic E-state index is -0.0491. The third-order valence-corrected chi connectivity index (χ3v) is 3.93. The van der Waals surface area contributed by atoms with Crippen LogP contribution in [0.1, 0.15) is 5.56 Å². The summed E-state index contributed by atoms with van der Waals surface area (Å²) in [6.07, 6.45) is 0.946. The van der Waals surface area contributed by atoms with Gasteiger partial charge in [0.25, 0.3) is 0 Å². The Labute approximate surface area is 126 Å². The van der Waals surface area contributed by atoms with Gasteiger partial charge >= 0.3 is 0 Å². The highest BCUT2D eigenvalue weighted by Crippen LogP contribution is 2.13. The van der Waals surface area contributed by atoms with Crippen LogP contribution in [-0.2, 0) is 11.2 Å². The van der Waals surface area contributed by atoms with Gasteiger partial charge in [-0.15, -0.1) is 0 Å². The minimum Gasteiger partial charge on any atom is -0.497 e. The Morgan fingerprint density at radius 2 is 2.10 bits per heavy atom. The lowest BCUT2D eigenvalue weighted by Gasteiger charge is -2.36. The number of benzene rings is 1. The summed E-state index contributed by atoms with van der Waals surface area (Å²) in [4.78, 5) is 16.2. The number of carbonyl (C=O) groups excluding carboxylic acids is 1. The van der Waals surface area contributed by atoms with Crippen molar-refractivity contribution in [2.75, 3.05) is 47.4 Å². The van der Waals surface area contributed by atoms with Crippen molar-refractivity contribution in [1.29, 1.82) is 0 Å². The van der Waals surface area contributed by atoms with E-state index in [1.165, 1.54) is 5.56 Å². The van der Waals surface area contributed by atoms with Crippen LogP contribution in [0.3, 0.4) is 0 Å². The van der Waals surface area contributed by atoms with Gasteiger partial charge in [-0.2, -0.15) is 0 Å². The molecule has 5 heteroatoms. The molecule has 1 N–H and O–H groups in total. The van der Waals surface area contributed by atoms with E-state index in [-0.39, 0.29) is 11.9 Å². The quantitative estimate of drug-likeness (QED) is 0.863. The molecule has 0 aliphatic carbocycles. The summed E-state index contributed by atoms with van der Waals surface area (Å²) in [6.45, 7) is 3.50. The molecule has 5 nitrogen and oxygen atoms in total. The highest BCUT2D eigenvalue weighted by atomic mass is 16.5. The Kier molecular flexibility index (Phi) is 5.59. The van der Waals surface area contributed by atoms with E-state index < -0.39 is 0 Å². The topological polar surface area (TPSA) is 44.8 Å². The molecule has 1 fully saturated rings. The number of methoxy groups -OCH3 is 1. The van der Waals surface area contributed by atoms with Crippen molar-refractivity contribution >= 4 is 5.91 Å². The summed E-state index contributed by atoms with van der Waals surface area (Å²) in [5.41, 5.74) is 1.27. The van der Waals surface area contributed by atoms with E-state index in [9.17, 15) is 4.79 Å². The van der Waals surface area contributed by atoms with Gasteiger partial charge in [-0.1, -0.05) is 12.1 Å². The van der Waals surface area contributed by atoms with Crippen molar-refractivity contribution in [3.8, 4) is 5.75 Å². The van der Waals surface area contributed by atoms with Crippen molar-refractivity contribution < 1.29 is 9.53 Å². The van der Waals surface area contributed by atoms with Crippen LogP contribution in [-0.4, -0.2) is 69.1 Å². The first-order valence-electron chi connectivity index (χ1n) is 7.40. The predicted octanol–water partition coefficient (Wildman–Crippen LogP) is 0.600. The maximum Gasteiger partial charge on any atom is 0.240 e. The molecule has 21 heavy (non-hydrogen) atoms. The zero-order valence-electron chi connectivity index (χ0n) is 13.1. The fourth-order valence-corrected chi connectivity index (χ4v) is 2.62. The third-order valence-electron chi connectivity index (χ3n) is 3.93. The molecule has 0 spiro atoms. The molecule has 0 saturated carbocycles. The zero-order chi connectivity index (χ0) is 15.2. The normalized spacial score (nSPS) is 19.3. The molecule has 0 radical (unpaired) electrons. The third kappa shape index (κ3) is 4.19. The largest absolute Gasteiger partial charge is 0.497 e. The average Bonchev–Trinajstić information content (AvgIpc) is 2.53. The maximum atomic E-state index is 12.2. The van der Waals surface area contributed by atoms with Crippen LogP contribution < -0.4 is 10.1 Å². The number of carbonyl (C=O) groups is 1. The molecule has 116 valence electrons. The molecule has 1 heterocycles. The first-order valence-corrected chi connectivity index (χ1v) is 7.40. The van der Waals surface area contributed by atoms with Crippen molar-refractivity contribution in [2.45, 2.75) is 12.5 Å². The smallest absolute Gasteiger partial charge is 0.240 e. The number of nitrogens with one attached hydrogen (secondary N) is 1. The Balaban J connectivity index is 1.94. The van der Waals surface area contributed by atoms with E-state index in [1.807, 2.05) is 26.2 Å². The fraction of sp³-hybridized carbons (Fsp3) is 0.562. The molecule has 1 aromatic carbocycles. The first-order chi connectivity index (χ1) is 10.1. The summed E-state index contributed by atoms with van der Waals surface area (Å²) in [5, 5.41) is 3.31. The van der Waals surface area contributed by atoms with Gasteiger partial charge in [-0.05, 0) is 24.1 Å². The van der Waals surface area contributed by atoms with E-state index >= 15 is 0 Å². The van der Waals surface area contributed by atoms with E-state index in [0.717, 1.165) is 38.3 Å². The van der Waals surface area contributed by atoms with Crippen LogP contribution in [0.15, 0.2) is 24.3 Å². The average molecular weight is 291 g/mol. The summed E-state index contributed by atoms with van der Waals surface area (Å²) in [6, 6.07) is 8.09. The SMILES string of the molecule is COc1ccc(CCN2CCNCC2C(=O)N(C)C)cc1. The van der Waals surface area contributed by atoms with E-state index in [2.05, 4.69) is 22.3 Å². The van der Waals surface area contributed by atoms with Gasteiger partial charge in [0.05, 0.1) is 7.11 Å². The molecular weight excluding hydrogens is 266 g/mol. The zero-order valence-corrected chi connectivity index (χ0v) is 13.1. The molecule has 1 aromatic rings. The molecule has 2 rings (SSSR count). The molecule has 1 unspecified atom stereocenters. The highest BCUT2D eigenvalue weighted by Gasteiger charge is 2.29. The number of piperazine rings is 1. The number of rotatable bonds is 5. The van der Waals surface area contributed by atoms with Gasteiger partial charge in [-0.25, -0.2) is 0 Å². The molecule has 0 bridgehead atoms. The highest BCUT2D eigenvalue weighted by molar-refractivity contribution is 5.81. The second kappa shape index (κ2) is 7.43. The second-order valence-electron chi connectivity index (χ2n) is 5.59. The van der Waals surface area contributed by atoms with Crippen molar-refractivity contribution in [3.05, 3.63) is 29.8 Å². The van der Waals surface area contributed by atoms with Gasteiger partial charge in [-0.3, -0.25) is 9.69 Å². The maximum absolute atomic E-state index is 12.2. The number of nitrogens with zero attached hydrogens (tertiary/aromatic N) is 2. The predicted molar refractivity (Wildman–Crippen MR) is 83.6 cm³/mol. The van der Waals surface area contributed by atoms with E-state index in [1.54, 1.807) is 12.0 Å². The van der Waals surface area contributed by atoms with Crippen LogP contribution >= 0.6 is 0 Å². The summed E-state index contributed by atoms with van der Waals surface area (Å²) in [7, 11) is 5.31. The monoisotopic (exact) mass is 291 g/mol. The number of ether oxygens (including phenoxy) is 1. The Hall–Kier alpha value is -1.59. The van der Waals surface area contributed by atoms with E-state index in [4.69, 9.17) is 4.74 Å². The molecule has 1 amide bonds. The Bertz CT molecular complexity index is 459. The van der Waals surface area contributed by atoms with E-state index in [0.29, 0.717) is 0 Å². The van der Waals surface area contributed by atoms with Gasteiger partial charge in [0, 0.05) is 40.3 Å². The van der Waals surface area contributed by atoms with Gasteiger partial charge < -0.3 is 15.0 Å². The number of amides is 1. The molecule has 1 saturated heterocycles. The van der Waals surface area contributed by atoms with Gasteiger partial charge in [0.2, 0.25) is 5.91 Å². The van der Waals surface area contributed by atoms with Gasteiger partial charge in [0.15, 0.2) is 0 Å². The minimum absolute atomic E-state index is 0.0491. The van der Waals surface area contributed by atoms with Crippen LogP contribution in [0.2, 0.25) is 0 Å². The van der Waals surface area contributed by atoms with Crippen LogP contribution in [0, 0.1) is 0 Å². The first kappa shape index (κ1) is 15.8. The molecule has 1 aliphatic heterocycles. The standard InChI is InChI=1S/C16H25N3O2/c1-18(2)16(20)15-12-17-9-11-19(15)10-8-13-4-6-14(21-3)7-5-13/h4-7,15,17H,8-12H2,1-3H3. The number of hydrogen-bond acceptors (Lipinski definition) is 4. The van der Waals surface area contributed by atoms with Gasteiger partial charge in [0.1, 0.15) is 11.8 Å². The lowest BCUT2D eigenvalue weighted by molar-refractivity contribution is -0.135. The lowest BCUT2D eigenvalue weighted by atomic mass is 10.1. The summed E-state index contributed by atoms with van der Waals surface area (Å²) in [5.74, 6) is 1.05. The molecule has 0 aromatic heterocycles. The van der Waals surface area contributed by atoms with Crippen LogP contribution in [0.4, 0.5) is 0 Å². The van der Waals surface area contributed by atoms with Crippen molar-refractivity contribution in [2.24, 2.45) is 0 Å². The molecule has 1 atom stereocenters. The van der Waals surface area contributed by atoms with Crippen LogP contribution in [0.25, 0.3) is 0 Å². The number of hydrogen-bond donors (Lipinski definition) is 1. The lowest BCUT2D eigenvalue weighted by Crippen LogP contribution is -2.57. The molecular formula is C16H25N3O2.